The van der Waals surface area contributed by atoms with Crippen LogP contribution < -0.4 is 5.06 Å². The van der Waals surface area contributed by atoms with Gasteiger partial charge in [0.2, 0.25) is 0 Å². The quantitative estimate of drug-likeness (QED) is 0.678. The number of nitrogens with one attached hydrogen (secondary N) is 1. The highest BCUT2D eigenvalue weighted by atomic mass is 16.5. The summed E-state index contributed by atoms with van der Waals surface area (Å²) in [5, 5.41) is 12.3. The van der Waals surface area contributed by atoms with Gasteiger partial charge in [0.05, 0.1) is 18.3 Å². The first-order valence-electron chi connectivity index (χ1n) is 11.2. The molecule has 2 aromatic carbocycles. The molecular formula is C27H32N4O2. The highest BCUT2D eigenvalue weighted by molar-refractivity contribution is 6.00. The molecule has 6 nitrogen and oxygen atoms in total. The normalized spacial score (nSPS) is 17.0. The number of carbonyl (C=O) groups excluding carboxylic acids is 1. The van der Waals surface area contributed by atoms with E-state index in [9.17, 15) is 10.0 Å². The summed E-state index contributed by atoms with van der Waals surface area (Å²) < 4.78 is 0. The van der Waals surface area contributed by atoms with Crippen molar-refractivity contribution in [2.45, 2.75) is 39.8 Å². The number of rotatable bonds is 6. The standard InChI is InChI=1S/C27H32N4O2/c1-19(2)31(33)24-14-12-23(13-15-24)27(32)30(5)18-25-26(22-10-8-20(3)9-11-22)28-16-6-7-21(4)17-29-25/h6-17,19,26,31H,18H2,1-5H3. The van der Waals surface area contributed by atoms with Gasteiger partial charge in [-0.3, -0.25) is 14.8 Å². The predicted molar refractivity (Wildman–Crippen MR) is 135 cm³/mol. The van der Waals surface area contributed by atoms with Crippen LogP contribution in [0.4, 0.5) is 5.69 Å². The largest absolute Gasteiger partial charge is 0.629 e. The Hall–Kier alpha value is -3.35. The second-order valence-electron chi connectivity index (χ2n) is 8.72. The minimum Gasteiger partial charge on any atom is -0.629 e. The number of nitrogens with zero attached hydrogens (tertiary/aromatic N) is 3. The van der Waals surface area contributed by atoms with Gasteiger partial charge >= 0.3 is 0 Å². The highest BCUT2D eigenvalue weighted by Gasteiger charge is 2.22. The molecule has 1 aliphatic heterocycles. The Labute approximate surface area is 196 Å². The Balaban J connectivity index is 1.85. The Kier molecular flexibility index (Phi) is 8.09. The molecule has 6 heteroatoms. The van der Waals surface area contributed by atoms with Crippen molar-refractivity contribution in [3.63, 3.8) is 0 Å². The van der Waals surface area contributed by atoms with E-state index in [-0.39, 0.29) is 23.1 Å². The summed E-state index contributed by atoms with van der Waals surface area (Å²) in [5.41, 5.74) is 5.13. The second-order valence-corrected chi connectivity index (χ2v) is 8.72. The Bertz CT molecular complexity index is 1080. The zero-order chi connectivity index (χ0) is 24.0. The SMILES string of the molecule is CC1=CN=C(CN(C)C(=O)c2ccc([NH+]([O-])C(C)C)cc2)C(c2ccc(C)cc2)N=CC=C1. The van der Waals surface area contributed by atoms with Crippen LogP contribution in [0.3, 0.4) is 0 Å². The summed E-state index contributed by atoms with van der Waals surface area (Å²) in [4.78, 5) is 24.2. The van der Waals surface area contributed by atoms with Crippen molar-refractivity contribution in [3.05, 3.63) is 94.4 Å². The third-order valence-electron chi connectivity index (χ3n) is 5.51. The zero-order valence-corrected chi connectivity index (χ0v) is 19.9. The third-order valence-corrected chi connectivity index (χ3v) is 5.51. The monoisotopic (exact) mass is 444 g/mol. The summed E-state index contributed by atoms with van der Waals surface area (Å²) >= 11 is 0. The van der Waals surface area contributed by atoms with Gasteiger partial charge < -0.3 is 15.2 Å². The molecule has 0 aliphatic carbocycles. The average molecular weight is 445 g/mol. The van der Waals surface area contributed by atoms with Gasteiger partial charge in [-0.15, -0.1) is 0 Å². The molecule has 0 spiro atoms. The van der Waals surface area contributed by atoms with Gasteiger partial charge in [0.1, 0.15) is 11.7 Å². The van der Waals surface area contributed by atoms with Crippen LogP contribution in [0, 0.1) is 12.1 Å². The first-order chi connectivity index (χ1) is 15.8. The number of carbonyl (C=O) groups is 1. The van der Waals surface area contributed by atoms with Gasteiger partial charge in [-0.05, 0) is 57.0 Å². The smallest absolute Gasteiger partial charge is 0.253 e. The van der Waals surface area contributed by atoms with Crippen LogP contribution >= 0.6 is 0 Å². The molecule has 33 heavy (non-hydrogen) atoms. The van der Waals surface area contributed by atoms with E-state index in [4.69, 9.17) is 9.98 Å². The maximum absolute atomic E-state index is 13.1. The van der Waals surface area contributed by atoms with Crippen LogP contribution in [0.2, 0.25) is 0 Å². The lowest BCUT2D eigenvalue weighted by Crippen LogP contribution is -3.05. The molecule has 0 saturated heterocycles. The van der Waals surface area contributed by atoms with Crippen LogP contribution in [-0.4, -0.2) is 42.4 Å². The average Bonchev–Trinajstić information content (AvgIpc) is 2.89. The minimum atomic E-state index is -0.293. The first kappa shape index (κ1) is 24.3. The molecular weight excluding hydrogens is 412 g/mol. The minimum absolute atomic E-state index is 0.0665. The maximum atomic E-state index is 13.1. The van der Waals surface area contributed by atoms with Crippen LogP contribution in [-0.2, 0) is 0 Å². The summed E-state index contributed by atoms with van der Waals surface area (Å²) in [7, 11) is 1.76. The van der Waals surface area contributed by atoms with Gasteiger partial charge in [0, 0.05) is 37.2 Å². The lowest BCUT2D eigenvalue weighted by molar-refractivity contribution is -0.801. The lowest BCUT2D eigenvalue weighted by Gasteiger charge is -2.26. The Morgan fingerprint density at radius 3 is 2.39 bits per heavy atom. The molecule has 0 bridgehead atoms. The molecule has 172 valence electrons. The van der Waals surface area contributed by atoms with Gasteiger partial charge in [-0.1, -0.05) is 35.9 Å². The molecule has 2 aromatic rings. The van der Waals surface area contributed by atoms with Crippen molar-refractivity contribution in [3.8, 4) is 0 Å². The number of aryl methyl sites for hydroxylation is 1. The van der Waals surface area contributed by atoms with Crippen molar-refractivity contribution >= 4 is 23.5 Å². The molecule has 2 unspecified atom stereocenters. The van der Waals surface area contributed by atoms with E-state index in [0.29, 0.717) is 17.8 Å². The molecule has 3 rings (SSSR count). The third kappa shape index (κ3) is 6.34. The summed E-state index contributed by atoms with van der Waals surface area (Å²) in [5.74, 6) is -0.133. The summed E-state index contributed by atoms with van der Waals surface area (Å²) in [6.45, 7) is 8.09. The summed E-state index contributed by atoms with van der Waals surface area (Å²) in [6.07, 6.45) is 7.46. The predicted octanol–water partition coefficient (Wildman–Crippen LogP) is 4.22. The lowest BCUT2D eigenvalue weighted by atomic mass is 10.0. The van der Waals surface area contributed by atoms with E-state index in [0.717, 1.165) is 16.8 Å². The molecule has 0 saturated carbocycles. The van der Waals surface area contributed by atoms with Gasteiger partial charge in [-0.25, -0.2) is 0 Å². The van der Waals surface area contributed by atoms with Crippen LogP contribution in [0.1, 0.15) is 48.3 Å². The van der Waals surface area contributed by atoms with E-state index in [2.05, 4.69) is 24.3 Å². The maximum Gasteiger partial charge on any atom is 0.253 e. The van der Waals surface area contributed by atoms with E-state index in [1.54, 1.807) is 42.4 Å². The number of allylic oxidation sites excluding steroid dienone is 3. The number of amides is 1. The first-order valence-corrected chi connectivity index (χ1v) is 11.2. The second kappa shape index (κ2) is 11.0. The Morgan fingerprint density at radius 2 is 1.76 bits per heavy atom. The fraction of sp³-hybridized carbons (Fsp3) is 0.296. The molecule has 0 fully saturated rings. The van der Waals surface area contributed by atoms with Crippen LogP contribution in [0.15, 0.2) is 82.4 Å². The van der Waals surface area contributed by atoms with Crippen molar-refractivity contribution in [2.75, 3.05) is 13.6 Å². The van der Waals surface area contributed by atoms with E-state index in [1.807, 2.05) is 46.0 Å². The van der Waals surface area contributed by atoms with Gasteiger partial charge in [0.25, 0.3) is 5.91 Å². The van der Waals surface area contributed by atoms with Gasteiger partial charge in [0.15, 0.2) is 0 Å². The number of quaternary nitrogens is 1. The molecule has 2 atom stereocenters. The topological polar surface area (TPSA) is 72.5 Å². The molecule has 1 aliphatic rings. The fourth-order valence-electron chi connectivity index (χ4n) is 3.52. The Morgan fingerprint density at radius 1 is 1.09 bits per heavy atom. The number of hydroxylamine groups is 1. The number of hydrogen-bond acceptors (Lipinski definition) is 4. The number of hydrogen-bond donors (Lipinski definition) is 1. The van der Waals surface area contributed by atoms with Crippen molar-refractivity contribution in [2.24, 2.45) is 9.98 Å². The molecule has 1 amide bonds. The van der Waals surface area contributed by atoms with E-state index < -0.39 is 0 Å². The molecule has 1 N–H and O–H groups in total. The van der Waals surface area contributed by atoms with Crippen molar-refractivity contribution < 1.29 is 9.86 Å². The van der Waals surface area contributed by atoms with Gasteiger partial charge in [-0.2, -0.15) is 0 Å². The highest BCUT2D eigenvalue weighted by Crippen LogP contribution is 2.22. The zero-order valence-electron chi connectivity index (χ0n) is 19.9. The number of aliphatic imine (C=N–C) groups is 2. The van der Waals surface area contributed by atoms with E-state index >= 15 is 0 Å². The summed E-state index contributed by atoms with van der Waals surface area (Å²) in [6, 6.07) is 14.7. The van der Waals surface area contributed by atoms with Crippen LogP contribution in [0.5, 0.6) is 0 Å². The molecule has 0 aromatic heterocycles. The van der Waals surface area contributed by atoms with Crippen LogP contribution in [0.25, 0.3) is 0 Å². The molecule has 1 heterocycles. The fourth-order valence-corrected chi connectivity index (χ4v) is 3.52. The number of benzene rings is 2. The van der Waals surface area contributed by atoms with E-state index in [1.165, 1.54) is 5.56 Å². The molecule has 0 radical (unpaired) electrons. The van der Waals surface area contributed by atoms with Crippen molar-refractivity contribution in [1.29, 1.82) is 0 Å². The van der Waals surface area contributed by atoms with Crippen molar-refractivity contribution in [1.82, 2.24) is 4.90 Å².